The molecule has 144 valence electrons. The Morgan fingerprint density at radius 3 is 2.19 bits per heavy atom. The Balaban J connectivity index is 2.02. The molecule has 7 heteroatoms. The number of rotatable bonds is 7. The van der Waals surface area contributed by atoms with Crippen LogP contribution in [-0.4, -0.2) is 35.0 Å². The van der Waals surface area contributed by atoms with Crippen LogP contribution in [0.15, 0.2) is 24.3 Å². The average molecular weight is 402 g/mol. The molecule has 0 radical (unpaired) electrons. The van der Waals surface area contributed by atoms with E-state index in [-0.39, 0.29) is 11.8 Å². The molecular weight excluding hydrogens is 377 g/mol. The molecular formula is C19H25Cl2NO4. The Hall–Kier alpha value is -1.46. The Labute approximate surface area is 164 Å². The number of carbonyl (C=O) groups excluding carboxylic acids is 2. The minimum atomic E-state index is -1.16. The molecule has 0 saturated heterocycles. The molecule has 26 heavy (non-hydrogen) atoms. The van der Waals surface area contributed by atoms with Crippen LogP contribution in [-0.2, 0) is 14.3 Å². The summed E-state index contributed by atoms with van der Waals surface area (Å²) in [5, 5.41) is 2.70. The summed E-state index contributed by atoms with van der Waals surface area (Å²) >= 11 is 12.2. The number of amides is 1. The molecule has 0 spiro atoms. The van der Waals surface area contributed by atoms with Gasteiger partial charge in [-0.1, -0.05) is 26.0 Å². The molecule has 1 aliphatic rings. The second kappa shape index (κ2) is 7.65. The van der Waals surface area contributed by atoms with Crippen molar-refractivity contribution >= 4 is 35.1 Å². The van der Waals surface area contributed by atoms with Crippen molar-refractivity contribution in [3.63, 3.8) is 0 Å². The highest BCUT2D eigenvalue weighted by Gasteiger charge is 2.52. The van der Waals surface area contributed by atoms with E-state index in [4.69, 9.17) is 32.7 Å². The number of benzene rings is 1. The van der Waals surface area contributed by atoms with Crippen LogP contribution in [0.25, 0.3) is 0 Å². The van der Waals surface area contributed by atoms with Crippen LogP contribution in [0.4, 0.5) is 0 Å². The average Bonchev–Trinajstić information content (AvgIpc) is 3.20. The SMILES string of the molecule is COC(=O)[C@H](NC(=O)C(C)(C)Oc1ccc([C@@H]2CC2(Cl)Cl)cc1)C(C)C. The van der Waals surface area contributed by atoms with Gasteiger partial charge in [0.05, 0.1) is 7.11 Å². The summed E-state index contributed by atoms with van der Waals surface area (Å²) in [6.07, 6.45) is 0.730. The van der Waals surface area contributed by atoms with E-state index >= 15 is 0 Å². The van der Waals surface area contributed by atoms with Gasteiger partial charge in [0.25, 0.3) is 5.91 Å². The van der Waals surface area contributed by atoms with Gasteiger partial charge in [0, 0.05) is 5.92 Å². The lowest BCUT2D eigenvalue weighted by Gasteiger charge is -2.28. The first-order valence-corrected chi connectivity index (χ1v) is 9.29. The van der Waals surface area contributed by atoms with E-state index in [1.54, 1.807) is 26.0 Å². The van der Waals surface area contributed by atoms with Gasteiger partial charge < -0.3 is 14.8 Å². The molecule has 1 aromatic rings. The number of halogens is 2. The minimum Gasteiger partial charge on any atom is -0.478 e. The van der Waals surface area contributed by atoms with Crippen molar-refractivity contribution < 1.29 is 19.1 Å². The smallest absolute Gasteiger partial charge is 0.328 e. The summed E-state index contributed by atoms with van der Waals surface area (Å²) in [6, 6.07) is 6.63. The third-order valence-corrected chi connectivity index (χ3v) is 5.27. The molecule has 0 bridgehead atoms. The Morgan fingerprint density at radius 2 is 1.77 bits per heavy atom. The molecule has 0 aliphatic heterocycles. The number of methoxy groups -OCH3 is 1. The van der Waals surface area contributed by atoms with Gasteiger partial charge in [-0.05, 0) is 43.9 Å². The lowest BCUT2D eigenvalue weighted by atomic mass is 10.0. The molecule has 1 N–H and O–H groups in total. The van der Waals surface area contributed by atoms with Crippen molar-refractivity contribution in [2.45, 2.75) is 56.0 Å². The van der Waals surface area contributed by atoms with E-state index in [0.717, 1.165) is 12.0 Å². The summed E-state index contributed by atoms with van der Waals surface area (Å²) < 4.78 is 9.90. The predicted molar refractivity (Wildman–Crippen MR) is 102 cm³/mol. The summed E-state index contributed by atoms with van der Waals surface area (Å²) in [5.41, 5.74) is -0.125. The van der Waals surface area contributed by atoms with Gasteiger partial charge in [-0.2, -0.15) is 0 Å². The van der Waals surface area contributed by atoms with Crippen molar-refractivity contribution in [3.05, 3.63) is 29.8 Å². The van der Waals surface area contributed by atoms with Crippen molar-refractivity contribution in [2.75, 3.05) is 7.11 Å². The van der Waals surface area contributed by atoms with Crippen LogP contribution in [0.1, 0.15) is 45.6 Å². The van der Waals surface area contributed by atoms with Crippen LogP contribution in [0.2, 0.25) is 0 Å². The fourth-order valence-corrected chi connectivity index (χ4v) is 3.18. The molecule has 1 aliphatic carbocycles. The quantitative estimate of drug-likeness (QED) is 0.556. The standard InChI is InChI=1S/C19H25Cl2NO4/c1-11(2)15(16(23)25-5)22-17(24)18(3,4)26-13-8-6-12(7-9-13)14-10-19(14,20)21/h6-9,11,14-15H,10H2,1-5H3,(H,22,24)/t14-,15+/m0/s1. The van der Waals surface area contributed by atoms with Crippen molar-refractivity contribution in [2.24, 2.45) is 5.92 Å². The zero-order valence-corrected chi connectivity index (χ0v) is 17.1. The molecule has 5 nitrogen and oxygen atoms in total. The van der Waals surface area contributed by atoms with E-state index in [9.17, 15) is 9.59 Å². The van der Waals surface area contributed by atoms with Gasteiger partial charge in [0.15, 0.2) is 5.60 Å². The van der Waals surface area contributed by atoms with Crippen LogP contribution >= 0.6 is 23.2 Å². The highest BCUT2D eigenvalue weighted by atomic mass is 35.5. The number of esters is 1. The van der Waals surface area contributed by atoms with Crippen molar-refractivity contribution in [1.29, 1.82) is 0 Å². The molecule has 1 aromatic carbocycles. The molecule has 0 unspecified atom stereocenters. The monoisotopic (exact) mass is 401 g/mol. The van der Waals surface area contributed by atoms with Gasteiger partial charge >= 0.3 is 5.97 Å². The number of hydrogen-bond donors (Lipinski definition) is 1. The first-order chi connectivity index (χ1) is 12.0. The van der Waals surface area contributed by atoms with Crippen molar-refractivity contribution in [1.82, 2.24) is 5.32 Å². The first kappa shape index (κ1) is 20.8. The minimum absolute atomic E-state index is 0.105. The maximum atomic E-state index is 12.6. The summed E-state index contributed by atoms with van der Waals surface area (Å²) in [4.78, 5) is 24.4. The maximum Gasteiger partial charge on any atom is 0.328 e. The second-order valence-electron chi connectivity index (χ2n) is 7.42. The number of hydrogen-bond acceptors (Lipinski definition) is 4. The molecule has 0 aromatic heterocycles. The third-order valence-electron chi connectivity index (χ3n) is 4.44. The van der Waals surface area contributed by atoms with E-state index in [1.807, 2.05) is 26.0 Å². The molecule has 1 saturated carbocycles. The summed E-state index contributed by atoms with van der Waals surface area (Å²) in [6.45, 7) is 6.96. The fourth-order valence-electron chi connectivity index (χ4n) is 2.62. The molecule has 2 rings (SSSR count). The van der Waals surface area contributed by atoms with Crippen LogP contribution in [0.3, 0.4) is 0 Å². The number of carbonyl (C=O) groups is 2. The maximum absolute atomic E-state index is 12.6. The molecule has 1 amide bonds. The Bertz CT molecular complexity index is 671. The lowest BCUT2D eigenvalue weighted by molar-refractivity contribution is -0.148. The summed E-state index contributed by atoms with van der Waals surface area (Å²) in [5.74, 6) is -0.310. The largest absolute Gasteiger partial charge is 0.478 e. The topological polar surface area (TPSA) is 64.6 Å². The second-order valence-corrected chi connectivity index (χ2v) is 8.96. The van der Waals surface area contributed by atoms with E-state index in [1.165, 1.54) is 7.11 Å². The van der Waals surface area contributed by atoms with Gasteiger partial charge in [0.2, 0.25) is 0 Å². The van der Waals surface area contributed by atoms with Gasteiger partial charge in [0.1, 0.15) is 16.1 Å². The van der Waals surface area contributed by atoms with Crippen LogP contribution < -0.4 is 10.1 Å². The third kappa shape index (κ3) is 4.83. The predicted octanol–water partition coefficient (Wildman–Crippen LogP) is 3.82. The zero-order chi connectivity index (χ0) is 19.7. The molecule has 0 heterocycles. The number of nitrogens with one attached hydrogen (secondary N) is 1. The van der Waals surface area contributed by atoms with Crippen LogP contribution in [0, 0.1) is 5.92 Å². The molecule has 2 atom stereocenters. The lowest BCUT2D eigenvalue weighted by Crippen LogP contribution is -2.54. The van der Waals surface area contributed by atoms with Gasteiger partial charge in [-0.15, -0.1) is 23.2 Å². The van der Waals surface area contributed by atoms with Crippen molar-refractivity contribution in [3.8, 4) is 5.75 Å². The highest BCUT2D eigenvalue weighted by molar-refractivity contribution is 6.51. The first-order valence-electron chi connectivity index (χ1n) is 8.53. The van der Waals surface area contributed by atoms with E-state index in [2.05, 4.69) is 5.32 Å². The Kier molecular flexibility index (Phi) is 6.13. The van der Waals surface area contributed by atoms with Crippen LogP contribution in [0.5, 0.6) is 5.75 Å². The van der Waals surface area contributed by atoms with E-state index in [0.29, 0.717) is 5.75 Å². The number of ether oxygens (including phenoxy) is 2. The summed E-state index contributed by atoms with van der Waals surface area (Å²) in [7, 11) is 1.29. The van der Waals surface area contributed by atoms with E-state index < -0.39 is 27.9 Å². The van der Waals surface area contributed by atoms with Gasteiger partial charge in [-0.25, -0.2) is 4.79 Å². The number of alkyl halides is 2. The zero-order valence-electron chi connectivity index (χ0n) is 15.6. The molecule has 1 fully saturated rings. The normalized spacial score (nSPS) is 19.6. The fraction of sp³-hybridized carbons (Fsp3) is 0.579. The highest BCUT2D eigenvalue weighted by Crippen LogP contribution is 2.59. The Morgan fingerprint density at radius 1 is 1.23 bits per heavy atom. The van der Waals surface area contributed by atoms with Gasteiger partial charge in [-0.3, -0.25) is 4.79 Å².